The van der Waals surface area contributed by atoms with Gasteiger partial charge in [0.15, 0.2) is 6.29 Å². The highest BCUT2D eigenvalue weighted by molar-refractivity contribution is 5.96. The number of rotatable bonds is 32. The van der Waals surface area contributed by atoms with Crippen molar-refractivity contribution < 1.29 is 88.5 Å². The summed E-state index contributed by atoms with van der Waals surface area (Å²) in [4.78, 5) is 142. The van der Waals surface area contributed by atoms with E-state index in [-0.39, 0.29) is 153 Å². The Bertz CT molecular complexity index is 3010. The van der Waals surface area contributed by atoms with E-state index in [1.165, 1.54) is 0 Å². The van der Waals surface area contributed by atoms with E-state index in [2.05, 4.69) is 37.2 Å². The van der Waals surface area contributed by atoms with Gasteiger partial charge < -0.3 is 73.0 Å². The predicted octanol–water partition coefficient (Wildman–Crippen LogP) is -0.235. The van der Waals surface area contributed by atoms with Crippen molar-refractivity contribution in [2.75, 3.05) is 85.1 Å². The first-order valence-electron chi connectivity index (χ1n) is 28.7. The largest absolute Gasteiger partial charge is 0.480 e. The number of carboxylic acids is 5. The van der Waals surface area contributed by atoms with Crippen LogP contribution in [0.2, 0.25) is 0 Å². The maximum atomic E-state index is 13.2. The molecule has 1 saturated heterocycles. The van der Waals surface area contributed by atoms with E-state index in [0.29, 0.717) is 41.8 Å². The quantitative estimate of drug-likeness (QED) is 0.0222. The van der Waals surface area contributed by atoms with Crippen LogP contribution >= 0.6 is 0 Å². The maximum absolute atomic E-state index is 13.2. The number of aliphatic hydroxyl groups excluding tert-OH is 1. The van der Waals surface area contributed by atoms with Crippen molar-refractivity contribution in [2.45, 2.75) is 76.7 Å². The van der Waals surface area contributed by atoms with E-state index in [1.54, 1.807) is 112 Å². The van der Waals surface area contributed by atoms with Gasteiger partial charge in [-0.05, 0) is 96.5 Å². The average molecular weight is 1240 g/mol. The molecule has 0 radical (unpaired) electrons. The Labute approximate surface area is 512 Å². The van der Waals surface area contributed by atoms with Crippen LogP contribution in [-0.4, -0.2) is 224 Å². The van der Waals surface area contributed by atoms with Crippen molar-refractivity contribution in [3.63, 3.8) is 0 Å². The third kappa shape index (κ3) is 26.6. The fraction of sp³-hybridized carbons (Fsp3) is 0.417. The zero-order valence-electron chi connectivity index (χ0n) is 48.9. The number of carboxylic acid groups (broad SMARTS) is 5. The molecule has 4 aromatic rings. The zero-order chi connectivity index (χ0) is 64.8. The van der Waals surface area contributed by atoms with Crippen LogP contribution < -0.4 is 37.2 Å². The van der Waals surface area contributed by atoms with Gasteiger partial charge in [-0.2, -0.15) is 0 Å². The Morgan fingerprint density at radius 2 is 0.652 bits per heavy atom. The van der Waals surface area contributed by atoms with Gasteiger partial charge in [-0.15, -0.1) is 0 Å². The molecule has 0 aromatic heterocycles. The van der Waals surface area contributed by atoms with Crippen molar-refractivity contribution in [1.29, 1.82) is 0 Å². The molecular formula is C60H77N11O18. The van der Waals surface area contributed by atoms with Gasteiger partial charge in [-0.3, -0.25) is 58.0 Å². The Morgan fingerprint density at radius 1 is 0.360 bits per heavy atom. The molecule has 0 saturated carbocycles. The van der Waals surface area contributed by atoms with E-state index in [4.69, 9.17) is 10.2 Å². The van der Waals surface area contributed by atoms with Crippen molar-refractivity contribution in [3.8, 4) is 0 Å². The van der Waals surface area contributed by atoms with Crippen LogP contribution in [0.3, 0.4) is 0 Å². The van der Waals surface area contributed by atoms with Crippen LogP contribution in [0.15, 0.2) is 97.1 Å². The number of hydrogen-bond donors (Lipinski definition) is 14. The molecule has 1 fully saturated rings. The monoisotopic (exact) mass is 1240 g/mol. The van der Waals surface area contributed by atoms with E-state index in [1.807, 2.05) is 4.90 Å². The van der Waals surface area contributed by atoms with Gasteiger partial charge in [-0.1, -0.05) is 48.5 Å². The summed E-state index contributed by atoms with van der Waals surface area (Å²) in [6.07, 6.45) is -1.77. The first kappa shape index (κ1) is 70.4. The van der Waals surface area contributed by atoms with Crippen LogP contribution in [0.5, 0.6) is 0 Å². The Hall–Kier alpha value is -9.39. The van der Waals surface area contributed by atoms with Crippen molar-refractivity contribution in [1.82, 2.24) is 56.8 Å². The zero-order valence-corrected chi connectivity index (χ0v) is 48.9. The second-order valence-corrected chi connectivity index (χ2v) is 21.1. The number of aliphatic carboxylic acids is 5. The standard InChI is InChI=1S/C60H77N11O18/c72-49(35-68-23-25-69(36-51(75)76)27-29-71(38-53(79)80)30-28-70(26-24-68)37-52(77)78)62-31-39-4-14-44(15-5-39)55(82)64-33-41-8-18-46(19-9-41)57(84)65-34-42-10-16-45(17-11-42)56(83)63-32-40-6-12-43(13-7-40)54(81)61-22-2-1-3-47(58(85)86)66-60(89)67-48(59(87)88)20-21-50(73)74/h4-19,47-48,50,73-74H,1-3,20-38H2,(H,61,81)(H,62,72)(H,63,83)(H,64,82)(H,65,84)(H,75,76)(H,77,78)(H,79,80)(H,85,86)(H,87,88)(H2,66,67,89). The highest BCUT2D eigenvalue weighted by Crippen LogP contribution is 2.12. The molecular weight excluding hydrogens is 1160 g/mol. The number of nitrogens with zero attached hydrogens (tertiary/aromatic N) is 4. The normalized spacial score (nSPS) is 14.3. The van der Waals surface area contributed by atoms with Gasteiger partial charge in [0, 0.05) is 114 Å². The topological polar surface area (TPSA) is 427 Å². The van der Waals surface area contributed by atoms with Gasteiger partial charge in [-0.25, -0.2) is 14.4 Å². The molecule has 1 aliphatic rings. The third-order valence-electron chi connectivity index (χ3n) is 14.2. The van der Waals surface area contributed by atoms with E-state index >= 15 is 0 Å². The molecule has 29 nitrogen and oxygen atoms in total. The lowest BCUT2D eigenvalue weighted by molar-refractivity contribution is -0.140. The first-order chi connectivity index (χ1) is 42.5. The number of nitrogens with one attached hydrogen (secondary N) is 7. The Balaban J connectivity index is 0.974. The fourth-order valence-corrected chi connectivity index (χ4v) is 9.16. The Morgan fingerprint density at radius 3 is 0.955 bits per heavy atom. The summed E-state index contributed by atoms with van der Waals surface area (Å²) in [5, 5.41) is 83.6. The van der Waals surface area contributed by atoms with E-state index < -0.39 is 54.3 Å². The van der Waals surface area contributed by atoms with Gasteiger partial charge in [0.2, 0.25) is 5.91 Å². The average Bonchev–Trinajstić information content (AvgIpc) is 3.60. The smallest absolute Gasteiger partial charge is 0.326 e. The number of unbranched alkanes of at least 4 members (excludes halogenated alkanes) is 1. The second-order valence-electron chi connectivity index (χ2n) is 21.1. The summed E-state index contributed by atoms with van der Waals surface area (Å²) in [7, 11) is 0. The van der Waals surface area contributed by atoms with Crippen LogP contribution in [0.25, 0.3) is 0 Å². The van der Waals surface area contributed by atoms with Crippen molar-refractivity contribution in [2.24, 2.45) is 0 Å². The summed E-state index contributed by atoms with van der Waals surface area (Å²) >= 11 is 0. The van der Waals surface area contributed by atoms with Crippen LogP contribution in [0.4, 0.5) is 4.79 Å². The second kappa shape index (κ2) is 36.7. The molecule has 5 rings (SSSR count). The summed E-state index contributed by atoms with van der Waals surface area (Å²) < 4.78 is 0. The van der Waals surface area contributed by atoms with Crippen LogP contribution in [0, 0.1) is 0 Å². The van der Waals surface area contributed by atoms with Gasteiger partial charge >= 0.3 is 35.9 Å². The summed E-state index contributed by atoms with van der Waals surface area (Å²) in [6, 6.07) is 22.7. The number of urea groups is 1. The highest BCUT2D eigenvalue weighted by Gasteiger charge is 2.26. The molecule has 480 valence electrons. The van der Waals surface area contributed by atoms with Gasteiger partial charge in [0.05, 0.1) is 26.2 Å². The summed E-state index contributed by atoms with van der Waals surface area (Å²) in [5.41, 5.74) is 4.41. The molecule has 1 aliphatic heterocycles. The van der Waals surface area contributed by atoms with Crippen molar-refractivity contribution >= 4 is 65.4 Å². The molecule has 0 spiro atoms. The number of amides is 7. The molecule has 2 unspecified atom stereocenters. The van der Waals surface area contributed by atoms with E-state index in [9.17, 15) is 78.3 Å². The maximum Gasteiger partial charge on any atom is 0.326 e. The van der Waals surface area contributed by atoms with Crippen LogP contribution in [-0.2, 0) is 54.9 Å². The van der Waals surface area contributed by atoms with Gasteiger partial charge in [0.1, 0.15) is 12.1 Å². The van der Waals surface area contributed by atoms with Crippen LogP contribution in [0.1, 0.15) is 95.8 Å². The minimum atomic E-state index is -1.78. The molecule has 7 amide bonds. The Kier molecular flexibility index (Phi) is 29.0. The third-order valence-corrected chi connectivity index (χ3v) is 14.2. The molecule has 0 aliphatic carbocycles. The number of carbonyl (C=O) groups is 11. The summed E-state index contributed by atoms with van der Waals surface area (Å²) in [5.74, 6) is -7.67. The molecule has 29 heteroatoms. The minimum Gasteiger partial charge on any atom is -0.480 e. The molecule has 0 bridgehead atoms. The number of carbonyl (C=O) groups excluding carboxylic acids is 6. The lowest BCUT2D eigenvalue weighted by Gasteiger charge is -2.32. The molecule has 89 heavy (non-hydrogen) atoms. The summed E-state index contributed by atoms with van der Waals surface area (Å²) in [6.45, 7) is 2.12. The van der Waals surface area contributed by atoms with Gasteiger partial charge in [0.25, 0.3) is 23.6 Å². The lowest BCUT2D eigenvalue weighted by atomic mass is 10.1. The first-order valence-corrected chi connectivity index (χ1v) is 28.7. The molecule has 14 N–H and O–H groups in total. The minimum absolute atomic E-state index is 0.0172. The molecule has 1 heterocycles. The molecule has 2 atom stereocenters. The fourth-order valence-electron chi connectivity index (χ4n) is 9.16. The number of benzene rings is 4. The molecule has 4 aromatic carbocycles. The number of hydrogen-bond acceptors (Lipinski definition) is 17. The van der Waals surface area contributed by atoms with Crippen molar-refractivity contribution in [3.05, 3.63) is 142 Å². The van der Waals surface area contributed by atoms with E-state index in [0.717, 1.165) is 22.3 Å². The highest BCUT2D eigenvalue weighted by atomic mass is 16.5. The SMILES string of the molecule is O=C(O)CN1CCN(CC(=O)O)CCN(CC(=O)NCc2ccc(C(=O)NCc3ccc(C(=O)NCc4ccc(C(=O)NCc5ccc(C(=O)NCCCCC(NC(=O)NC(CCC(O)O)C(=O)O)C(=O)O)cc5)cc4)cc3)cc2)CCN(CC(=O)O)CC1. The number of aliphatic hydroxyl groups is 2. The lowest BCUT2D eigenvalue weighted by Crippen LogP contribution is -2.51. The predicted molar refractivity (Wildman–Crippen MR) is 318 cm³/mol.